The van der Waals surface area contributed by atoms with Crippen LogP contribution in [0.3, 0.4) is 0 Å². The number of hydrogen-bond donors (Lipinski definition) is 0. The molecular formula is C13H17N3O. The number of aryl methyl sites for hydroxylation is 1. The van der Waals surface area contributed by atoms with Crippen molar-refractivity contribution in [3.8, 4) is 0 Å². The zero-order valence-electron chi connectivity index (χ0n) is 10.1. The zero-order chi connectivity index (χ0) is 11.7. The fourth-order valence-corrected chi connectivity index (χ4v) is 2.29. The van der Waals surface area contributed by atoms with Crippen LogP contribution < -0.4 is 0 Å². The van der Waals surface area contributed by atoms with Crippen LogP contribution >= 0.6 is 0 Å². The maximum absolute atomic E-state index is 5.71. The van der Waals surface area contributed by atoms with Crippen LogP contribution in [0.2, 0.25) is 0 Å². The molecule has 0 spiro atoms. The first-order valence-corrected chi connectivity index (χ1v) is 6.25. The van der Waals surface area contributed by atoms with Gasteiger partial charge in [0.25, 0.3) is 0 Å². The molecule has 0 amide bonds. The third-order valence-corrected chi connectivity index (χ3v) is 3.22. The zero-order valence-corrected chi connectivity index (χ0v) is 10.1. The lowest BCUT2D eigenvalue weighted by Crippen LogP contribution is -2.21. The third kappa shape index (κ3) is 2.31. The number of hydrogen-bond acceptors (Lipinski definition) is 3. The second-order valence-corrected chi connectivity index (χ2v) is 4.73. The van der Waals surface area contributed by atoms with Crippen LogP contribution in [0.5, 0.6) is 0 Å². The van der Waals surface area contributed by atoms with E-state index in [4.69, 9.17) is 4.74 Å². The Kier molecular flexibility index (Phi) is 2.81. The summed E-state index contributed by atoms with van der Waals surface area (Å²) in [4.78, 5) is 4.54. The first-order valence-electron chi connectivity index (χ1n) is 6.25. The lowest BCUT2D eigenvalue weighted by Gasteiger charge is -2.20. The minimum atomic E-state index is 0.308. The first kappa shape index (κ1) is 10.7. The predicted molar refractivity (Wildman–Crippen MR) is 65.0 cm³/mol. The van der Waals surface area contributed by atoms with E-state index < -0.39 is 0 Å². The molecule has 0 aromatic carbocycles. The van der Waals surface area contributed by atoms with Gasteiger partial charge >= 0.3 is 0 Å². The van der Waals surface area contributed by atoms with Crippen molar-refractivity contribution in [2.75, 3.05) is 6.61 Å². The van der Waals surface area contributed by atoms with E-state index in [1.807, 2.05) is 16.8 Å². The number of pyridine rings is 1. The second-order valence-electron chi connectivity index (χ2n) is 4.73. The smallest absolute Gasteiger partial charge is 0.155 e. The van der Waals surface area contributed by atoms with Gasteiger partial charge in [-0.2, -0.15) is 5.10 Å². The van der Waals surface area contributed by atoms with Crippen molar-refractivity contribution in [1.29, 1.82) is 0 Å². The van der Waals surface area contributed by atoms with E-state index in [1.165, 1.54) is 18.4 Å². The van der Waals surface area contributed by atoms with E-state index in [2.05, 4.69) is 23.1 Å². The van der Waals surface area contributed by atoms with Crippen LogP contribution in [0, 0.1) is 6.92 Å². The van der Waals surface area contributed by atoms with E-state index in [-0.39, 0.29) is 0 Å². The molecule has 1 saturated heterocycles. The lowest BCUT2D eigenvalue weighted by atomic mass is 10.1. The molecule has 1 aliphatic rings. The molecule has 1 unspecified atom stereocenters. The molecular weight excluding hydrogens is 214 g/mol. The number of rotatable bonds is 2. The molecule has 1 fully saturated rings. The van der Waals surface area contributed by atoms with Crippen molar-refractivity contribution in [1.82, 2.24) is 14.6 Å². The Morgan fingerprint density at radius 1 is 1.47 bits per heavy atom. The van der Waals surface area contributed by atoms with E-state index in [9.17, 15) is 0 Å². The SMILES string of the molecule is Cc1ccn2nc(CC3CCCCO3)nc2c1. The van der Waals surface area contributed by atoms with Crippen molar-refractivity contribution in [2.24, 2.45) is 0 Å². The highest BCUT2D eigenvalue weighted by Crippen LogP contribution is 2.16. The molecule has 0 radical (unpaired) electrons. The van der Waals surface area contributed by atoms with Gasteiger partial charge < -0.3 is 4.74 Å². The minimum absolute atomic E-state index is 0.308. The Balaban J connectivity index is 1.80. The van der Waals surface area contributed by atoms with Gasteiger partial charge in [0.15, 0.2) is 11.5 Å². The molecule has 4 nitrogen and oxygen atoms in total. The number of aromatic nitrogens is 3. The van der Waals surface area contributed by atoms with Gasteiger partial charge in [-0.3, -0.25) is 0 Å². The molecule has 0 N–H and O–H groups in total. The highest BCUT2D eigenvalue weighted by atomic mass is 16.5. The molecule has 17 heavy (non-hydrogen) atoms. The molecule has 2 aromatic rings. The van der Waals surface area contributed by atoms with Crippen molar-refractivity contribution in [3.63, 3.8) is 0 Å². The molecule has 0 aliphatic carbocycles. The van der Waals surface area contributed by atoms with Gasteiger partial charge in [-0.25, -0.2) is 9.50 Å². The molecule has 0 bridgehead atoms. The maximum Gasteiger partial charge on any atom is 0.155 e. The first-order chi connectivity index (χ1) is 8.31. The van der Waals surface area contributed by atoms with Crippen molar-refractivity contribution in [2.45, 2.75) is 38.7 Å². The van der Waals surface area contributed by atoms with Gasteiger partial charge in [-0.15, -0.1) is 0 Å². The van der Waals surface area contributed by atoms with Crippen molar-refractivity contribution in [3.05, 3.63) is 29.7 Å². The average molecular weight is 231 g/mol. The summed E-state index contributed by atoms with van der Waals surface area (Å²) >= 11 is 0. The van der Waals surface area contributed by atoms with E-state index in [1.54, 1.807) is 0 Å². The average Bonchev–Trinajstić information content (AvgIpc) is 2.71. The summed E-state index contributed by atoms with van der Waals surface area (Å²) in [7, 11) is 0. The molecule has 1 aliphatic heterocycles. The third-order valence-electron chi connectivity index (χ3n) is 3.22. The van der Waals surface area contributed by atoms with E-state index in [0.29, 0.717) is 6.10 Å². The summed E-state index contributed by atoms with van der Waals surface area (Å²) in [6, 6.07) is 4.10. The largest absolute Gasteiger partial charge is 0.378 e. The van der Waals surface area contributed by atoms with E-state index in [0.717, 1.165) is 30.9 Å². The van der Waals surface area contributed by atoms with Crippen LogP contribution in [0.1, 0.15) is 30.7 Å². The summed E-state index contributed by atoms with van der Waals surface area (Å²) in [6.07, 6.45) is 6.69. The van der Waals surface area contributed by atoms with Gasteiger partial charge in [0.05, 0.1) is 6.10 Å². The normalized spacial score (nSPS) is 20.9. The van der Waals surface area contributed by atoms with Crippen molar-refractivity contribution < 1.29 is 4.74 Å². The Bertz CT molecular complexity index is 514. The molecule has 3 heterocycles. The monoisotopic (exact) mass is 231 g/mol. The van der Waals surface area contributed by atoms with Crippen LogP contribution in [-0.2, 0) is 11.2 Å². The molecule has 1 atom stereocenters. The highest BCUT2D eigenvalue weighted by Gasteiger charge is 2.16. The standard InChI is InChI=1S/C13H17N3O/c1-10-5-6-16-13(8-10)14-12(15-16)9-11-4-2-3-7-17-11/h5-6,8,11H,2-4,7,9H2,1H3. The topological polar surface area (TPSA) is 39.4 Å². The fraction of sp³-hybridized carbons (Fsp3) is 0.538. The van der Waals surface area contributed by atoms with Gasteiger partial charge in [-0.05, 0) is 43.9 Å². The summed E-state index contributed by atoms with van der Waals surface area (Å²) < 4.78 is 7.55. The van der Waals surface area contributed by atoms with Gasteiger partial charge in [0, 0.05) is 19.2 Å². The Hall–Kier alpha value is -1.42. The van der Waals surface area contributed by atoms with E-state index >= 15 is 0 Å². The molecule has 3 rings (SSSR count). The van der Waals surface area contributed by atoms with Crippen LogP contribution in [0.25, 0.3) is 5.65 Å². The molecule has 0 saturated carbocycles. The summed E-state index contributed by atoms with van der Waals surface area (Å²) in [5.74, 6) is 0.891. The van der Waals surface area contributed by atoms with Gasteiger partial charge in [0.2, 0.25) is 0 Å². The molecule has 2 aromatic heterocycles. The van der Waals surface area contributed by atoms with Crippen molar-refractivity contribution >= 4 is 5.65 Å². The fourth-order valence-electron chi connectivity index (χ4n) is 2.29. The molecule has 90 valence electrons. The Labute approximate surface area is 101 Å². The second kappa shape index (κ2) is 4.45. The molecule has 4 heteroatoms. The Morgan fingerprint density at radius 3 is 3.24 bits per heavy atom. The Morgan fingerprint density at radius 2 is 2.41 bits per heavy atom. The summed E-state index contributed by atoms with van der Waals surface area (Å²) in [6.45, 7) is 2.95. The summed E-state index contributed by atoms with van der Waals surface area (Å²) in [5, 5.41) is 4.47. The van der Waals surface area contributed by atoms with Crippen LogP contribution in [-0.4, -0.2) is 27.3 Å². The highest BCUT2D eigenvalue weighted by molar-refractivity contribution is 5.39. The van der Waals surface area contributed by atoms with Gasteiger partial charge in [0.1, 0.15) is 0 Å². The maximum atomic E-state index is 5.71. The number of nitrogens with zero attached hydrogens (tertiary/aromatic N) is 3. The number of ether oxygens (including phenoxy) is 1. The van der Waals surface area contributed by atoms with Crippen LogP contribution in [0.15, 0.2) is 18.3 Å². The predicted octanol–water partition coefficient (Wildman–Crippen LogP) is 2.15. The van der Waals surface area contributed by atoms with Crippen LogP contribution in [0.4, 0.5) is 0 Å². The van der Waals surface area contributed by atoms with Gasteiger partial charge in [-0.1, -0.05) is 0 Å². The minimum Gasteiger partial charge on any atom is -0.378 e. The quantitative estimate of drug-likeness (QED) is 0.795. The number of fused-ring (bicyclic) bond motifs is 1. The lowest BCUT2D eigenvalue weighted by molar-refractivity contribution is 0.0157. The summed E-state index contributed by atoms with van der Waals surface area (Å²) in [5.41, 5.74) is 2.14.